The highest BCUT2D eigenvalue weighted by molar-refractivity contribution is 5.99. The number of carbonyl (C=O) groups is 3. The van der Waals surface area contributed by atoms with Gasteiger partial charge in [0, 0.05) is 12.2 Å². The molecule has 3 N–H and O–H groups in total. The molecule has 0 radical (unpaired) electrons. The number of carbonyl (C=O) groups excluding carboxylic acids is 3. The Morgan fingerprint density at radius 3 is 2.16 bits per heavy atom. The maximum absolute atomic E-state index is 13.9. The Hall–Kier alpha value is -3.59. The number of aryl methyl sites for hydroxylation is 1. The topological polar surface area (TPSA) is 117 Å². The number of nitrogens with one attached hydrogen (secondary N) is 2. The fourth-order valence-corrected chi connectivity index (χ4v) is 3.83. The Bertz CT molecular complexity index is 1060. The number of amides is 3. The van der Waals surface area contributed by atoms with Gasteiger partial charge in [0.05, 0.1) is 13.7 Å². The summed E-state index contributed by atoms with van der Waals surface area (Å²) in [4.78, 5) is 41.4. The highest BCUT2D eigenvalue weighted by atomic mass is 16.6. The van der Waals surface area contributed by atoms with Crippen LogP contribution in [0.25, 0.3) is 0 Å². The molecule has 3 amide bonds. The van der Waals surface area contributed by atoms with Crippen LogP contribution in [0.3, 0.4) is 0 Å². The van der Waals surface area contributed by atoms with Crippen molar-refractivity contribution >= 4 is 23.6 Å². The Kier molecular flexibility index (Phi) is 10.5. The lowest BCUT2D eigenvalue weighted by Gasteiger charge is -2.35. The van der Waals surface area contributed by atoms with E-state index in [1.54, 1.807) is 78.1 Å². The molecule has 0 heterocycles. The molecule has 0 aliphatic rings. The van der Waals surface area contributed by atoms with Gasteiger partial charge in [-0.25, -0.2) is 4.79 Å². The number of anilines is 1. The Morgan fingerprint density at radius 2 is 1.65 bits per heavy atom. The molecule has 0 aliphatic heterocycles. The number of aliphatic hydroxyl groups is 1. The number of methoxy groups -OCH3 is 1. The summed E-state index contributed by atoms with van der Waals surface area (Å²) in [5.41, 5.74) is 1.18. The van der Waals surface area contributed by atoms with Crippen molar-refractivity contribution < 1.29 is 29.0 Å². The van der Waals surface area contributed by atoms with Crippen LogP contribution in [0.4, 0.5) is 10.5 Å². The van der Waals surface area contributed by atoms with Gasteiger partial charge in [-0.15, -0.1) is 0 Å². The summed E-state index contributed by atoms with van der Waals surface area (Å²) < 4.78 is 10.5. The summed E-state index contributed by atoms with van der Waals surface area (Å²) in [6.45, 7) is 10.1. The second-order valence-electron chi connectivity index (χ2n) is 10.1. The number of aliphatic hydroxyl groups excluding tert-OH is 1. The van der Waals surface area contributed by atoms with Crippen LogP contribution in [-0.2, 0) is 14.3 Å². The Morgan fingerprint density at radius 1 is 1.03 bits per heavy atom. The zero-order valence-electron chi connectivity index (χ0n) is 22.7. The van der Waals surface area contributed by atoms with Gasteiger partial charge >= 0.3 is 6.09 Å². The smallest absolute Gasteiger partial charge is 0.408 e. The van der Waals surface area contributed by atoms with Gasteiger partial charge in [-0.1, -0.05) is 38.1 Å². The first-order chi connectivity index (χ1) is 17.4. The normalized spacial score (nSPS) is 12.9. The minimum Gasteiger partial charge on any atom is -0.497 e. The monoisotopic (exact) mass is 513 g/mol. The van der Waals surface area contributed by atoms with Crippen LogP contribution in [-0.4, -0.2) is 59.8 Å². The third-order valence-corrected chi connectivity index (χ3v) is 5.63. The number of ether oxygens (including phenoxy) is 2. The van der Waals surface area contributed by atoms with Crippen LogP contribution < -0.4 is 15.4 Å². The van der Waals surface area contributed by atoms with E-state index in [1.807, 2.05) is 19.1 Å². The van der Waals surface area contributed by atoms with Crippen molar-refractivity contribution in [2.24, 2.45) is 5.92 Å². The minimum absolute atomic E-state index is 0.118. The molecule has 37 heavy (non-hydrogen) atoms. The zero-order chi connectivity index (χ0) is 27.8. The first kappa shape index (κ1) is 29.6. The number of hydrogen-bond acceptors (Lipinski definition) is 6. The van der Waals surface area contributed by atoms with Gasteiger partial charge < -0.3 is 30.1 Å². The van der Waals surface area contributed by atoms with Gasteiger partial charge in [-0.2, -0.15) is 0 Å². The van der Waals surface area contributed by atoms with Crippen LogP contribution in [0.15, 0.2) is 48.5 Å². The molecule has 2 rings (SSSR count). The molecule has 0 aliphatic carbocycles. The van der Waals surface area contributed by atoms with Crippen molar-refractivity contribution in [3.05, 3.63) is 59.7 Å². The highest BCUT2D eigenvalue weighted by Crippen LogP contribution is 2.28. The van der Waals surface area contributed by atoms with Crippen LogP contribution in [0.5, 0.6) is 5.75 Å². The van der Waals surface area contributed by atoms with Gasteiger partial charge in [-0.3, -0.25) is 9.59 Å². The molecule has 0 spiro atoms. The van der Waals surface area contributed by atoms with Crippen molar-refractivity contribution in [3.8, 4) is 5.75 Å². The molecule has 9 heteroatoms. The van der Waals surface area contributed by atoms with Crippen LogP contribution in [0.2, 0.25) is 0 Å². The second kappa shape index (κ2) is 13.1. The quantitative estimate of drug-likeness (QED) is 0.441. The lowest BCUT2D eigenvalue weighted by atomic mass is 9.96. The average Bonchev–Trinajstić information content (AvgIpc) is 2.82. The third kappa shape index (κ3) is 8.49. The molecule has 0 saturated carbocycles. The molecule has 202 valence electrons. The number of hydrogen-bond donors (Lipinski definition) is 3. The fourth-order valence-electron chi connectivity index (χ4n) is 3.83. The Labute approximate surface area is 219 Å². The van der Waals surface area contributed by atoms with E-state index >= 15 is 0 Å². The van der Waals surface area contributed by atoms with E-state index in [-0.39, 0.29) is 19.1 Å². The first-order valence-electron chi connectivity index (χ1n) is 12.3. The third-order valence-electron chi connectivity index (χ3n) is 5.63. The van der Waals surface area contributed by atoms with E-state index in [4.69, 9.17) is 9.47 Å². The fraction of sp³-hybridized carbons (Fsp3) is 0.464. The van der Waals surface area contributed by atoms with E-state index in [0.29, 0.717) is 17.0 Å². The molecule has 0 saturated heterocycles. The van der Waals surface area contributed by atoms with E-state index in [1.165, 1.54) is 4.90 Å². The summed E-state index contributed by atoms with van der Waals surface area (Å²) in [5.74, 6) is -0.643. The van der Waals surface area contributed by atoms with Gasteiger partial charge in [0.2, 0.25) is 5.91 Å². The predicted octanol–water partition coefficient (Wildman–Crippen LogP) is 4.05. The first-order valence-corrected chi connectivity index (χ1v) is 12.3. The molecule has 0 aromatic heterocycles. The average molecular weight is 514 g/mol. The standard InChI is InChI=1S/C28H39N3O6/c1-18(2)23(30-27(35)37-28(4,5)6)26(34)31(16-17-32)24(22-11-9-8-10-19(22)3)25(33)29-20-12-14-21(36-7)15-13-20/h8-15,18,23-24,32H,16-17H2,1-7H3,(H,29,33)(H,30,35). The summed E-state index contributed by atoms with van der Waals surface area (Å²) >= 11 is 0. The number of nitrogens with zero attached hydrogens (tertiary/aromatic N) is 1. The van der Waals surface area contributed by atoms with Crippen molar-refractivity contribution in [1.82, 2.24) is 10.2 Å². The second-order valence-corrected chi connectivity index (χ2v) is 10.1. The van der Waals surface area contributed by atoms with E-state index in [0.717, 1.165) is 5.56 Å². The largest absolute Gasteiger partial charge is 0.497 e. The molecule has 0 fully saturated rings. The predicted molar refractivity (Wildman–Crippen MR) is 142 cm³/mol. The van der Waals surface area contributed by atoms with Crippen LogP contribution >= 0.6 is 0 Å². The summed E-state index contributed by atoms with van der Waals surface area (Å²) in [6.07, 6.45) is -0.737. The number of benzene rings is 2. The van der Waals surface area contributed by atoms with Crippen LogP contribution in [0.1, 0.15) is 51.8 Å². The molecule has 2 aromatic rings. The van der Waals surface area contributed by atoms with Crippen LogP contribution in [0, 0.1) is 12.8 Å². The van der Waals surface area contributed by atoms with Gasteiger partial charge in [0.15, 0.2) is 0 Å². The molecule has 2 atom stereocenters. The zero-order valence-corrected chi connectivity index (χ0v) is 22.7. The summed E-state index contributed by atoms with van der Waals surface area (Å²) in [6, 6.07) is 12.0. The SMILES string of the molecule is COc1ccc(NC(=O)C(c2ccccc2C)N(CCO)C(=O)C(NC(=O)OC(C)(C)C)C(C)C)cc1. The van der Waals surface area contributed by atoms with Gasteiger partial charge in [0.1, 0.15) is 23.4 Å². The maximum atomic E-state index is 13.9. The summed E-state index contributed by atoms with van der Waals surface area (Å²) in [5, 5.41) is 15.4. The van der Waals surface area contributed by atoms with E-state index in [2.05, 4.69) is 10.6 Å². The molecule has 2 aromatic carbocycles. The molecular formula is C28H39N3O6. The summed E-state index contributed by atoms with van der Waals surface area (Å²) in [7, 11) is 1.55. The van der Waals surface area contributed by atoms with Gasteiger partial charge in [-0.05, 0) is 69.0 Å². The molecule has 0 bridgehead atoms. The number of alkyl carbamates (subject to hydrolysis) is 1. The Balaban J connectivity index is 2.48. The maximum Gasteiger partial charge on any atom is 0.408 e. The number of rotatable bonds is 10. The van der Waals surface area contributed by atoms with Crippen molar-refractivity contribution in [1.29, 1.82) is 0 Å². The van der Waals surface area contributed by atoms with E-state index in [9.17, 15) is 19.5 Å². The lowest BCUT2D eigenvalue weighted by Crippen LogP contribution is -2.55. The van der Waals surface area contributed by atoms with Crippen molar-refractivity contribution in [2.75, 3.05) is 25.6 Å². The molecule has 2 unspecified atom stereocenters. The minimum atomic E-state index is -1.07. The molecular weight excluding hydrogens is 474 g/mol. The van der Waals surface area contributed by atoms with Gasteiger partial charge in [0.25, 0.3) is 5.91 Å². The highest BCUT2D eigenvalue weighted by Gasteiger charge is 2.37. The molecule has 9 nitrogen and oxygen atoms in total. The lowest BCUT2D eigenvalue weighted by molar-refractivity contribution is -0.142. The van der Waals surface area contributed by atoms with Crippen molar-refractivity contribution in [2.45, 2.75) is 59.2 Å². The van der Waals surface area contributed by atoms with E-state index < -0.39 is 35.6 Å². The van der Waals surface area contributed by atoms with Crippen molar-refractivity contribution in [3.63, 3.8) is 0 Å².